The molecule has 238 valence electrons. The van der Waals surface area contributed by atoms with Crippen LogP contribution >= 0.6 is 0 Å². The summed E-state index contributed by atoms with van der Waals surface area (Å²) >= 11 is 0. The van der Waals surface area contributed by atoms with Crippen LogP contribution in [0.1, 0.15) is 46.5 Å². The number of halogens is 6. The van der Waals surface area contributed by atoms with Crippen molar-refractivity contribution in [3.8, 4) is 0 Å². The first-order valence-electron chi connectivity index (χ1n) is 13.2. The molecule has 1 saturated carbocycles. The molecular formula is C25H34F6N4O6S. The molecule has 0 spiro atoms. The quantitative estimate of drug-likeness (QED) is 0.349. The molecule has 3 fully saturated rings. The molecule has 17 heteroatoms. The molecule has 0 aromatic heterocycles. The molecule has 2 aliphatic heterocycles. The second-order valence-electron chi connectivity index (χ2n) is 12.3. The first kappa shape index (κ1) is 33.6. The molecule has 0 bridgehead atoms. The van der Waals surface area contributed by atoms with Gasteiger partial charge in [0, 0.05) is 38.1 Å². The average molecular weight is 633 g/mol. The third-order valence-electron chi connectivity index (χ3n) is 7.79. The van der Waals surface area contributed by atoms with E-state index in [-0.39, 0.29) is 19.4 Å². The predicted octanol–water partition coefficient (Wildman–Crippen LogP) is 1.82. The van der Waals surface area contributed by atoms with Crippen LogP contribution in [-0.2, 0) is 29.0 Å². The van der Waals surface area contributed by atoms with Gasteiger partial charge in [0.2, 0.25) is 38.6 Å². The first-order valence-corrected chi connectivity index (χ1v) is 15.1. The van der Waals surface area contributed by atoms with Crippen molar-refractivity contribution in [2.24, 2.45) is 23.2 Å². The molecule has 10 nitrogen and oxygen atoms in total. The van der Waals surface area contributed by atoms with E-state index < -0.39 is 111 Å². The van der Waals surface area contributed by atoms with Gasteiger partial charge in [-0.1, -0.05) is 20.8 Å². The monoisotopic (exact) mass is 632 g/mol. The number of rotatable bonds is 8. The lowest BCUT2D eigenvalue weighted by molar-refractivity contribution is -0.176. The number of likely N-dealkylation sites (tertiary alicyclic amines) is 1. The van der Waals surface area contributed by atoms with Crippen LogP contribution in [0.3, 0.4) is 0 Å². The Morgan fingerprint density at radius 3 is 2.26 bits per heavy atom. The Kier molecular flexibility index (Phi) is 9.36. The molecule has 3 N–H and O–H groups in total. The van der Waals surface area contributed by atoms with E-state index >= 15 is 0 Å². The number of amides is 4. The van der Waals surface area contributed by atoms with Gasteiger partial charge in [-0.3, -0.25) is 19.2 Å². The van der Waals surface area contributed by atoms with E-state index in [1.807, 2.05) is 0 Å². The third kappa shape index (κ3) is 7.75. The Morgan fingerprint density at radius 1 is 1.14 bits per heavy atom. The van der Waals surface area contributed by atoms with Gasteiger partial charge in [-0.25, -0.2) is 17.2 Å². The molecular weight excluding hydrogens is 598 g/mol. The Hall–Kier alpha value is -2.85. The highest BCUT2D eigenvalue weighted by atomic mass is 32.2. The fourth-order valence-electron chi connectivity index (χ4n) is 5.78. The second-order valence-corrected chi connectivity index (χ2v) is 14.2. The van der Waals surface area contributed by atoms with Crippen molar-refractivity contribution in [2.75, 3.05) is 19.3 Å². The summed E-state index contributed by atoms with van der Waals surface area (Å²) in [7, 11) is -4.36. The Labute approximate surface area is 238 Å². The highest BCUT2D eigenvalue weighted by Crippen LogP contribution is 2.50. The molecule has 0 aromatic rings. The lowest BCUT2D eigenvalue weighted by Gasteiger charge is -2.37. The zero-order valence-corrected chi connectivity index (χ0v) is 24.2. The molecule has 4 amide bonds. The van der Waals surface area contributed by atoms with Crippen LogP contribution in [0.4, 0.5) is 26.3 Å². The predicted molar refractivity (Wildman–Crippen MR) is 136 cm³/mol. The molecule has 2 saturated heterocycles. The van der Waals surface area contributed by atoms with Crippen LogP contribution < -0.4 is 16.0 Å². The minimum Gasteiger partial charge on any atom is -0.356 e. The van der Waals surface area contributed by atoms with Crippen molar-refractivity contribution in [3.05, 3.63) is 11.2 Å². The zero-order valence-electron chi connectivity index (χ0n) is 23.4. The van der Waals surface area contributed by atoms with Gasteiger partial charge >= 0.3 is 12.1 Å². The van der Waals surface area contributed by atoms with Crippen LogP contribution in [0.25, 0.3) is 0 Å². The number of carbonyl (C=O) groups excluding carboxylic acids is 4. The second kappa shape index (κ2) is 11.7. The molecule has 0 unspecified atom stereocenters. The molecule has 0 radical (unpaired) electrons. The van der Waals surface area contributed by atoms with Gasteiger partial charge in [0.1, 0.15) is 12.1 Å². The number of nitrogens with one attached hydrogen (secondary N) is 3. The highest BCUT2D eigenvalue weighted by molar-refractivity contribution is 7.94. The lowest BCUT2D eigenvalue weighted by Crippen LogP contribution is -2.60. The summed E-state index contributed by atoms with van der Waals surface area (Å²) in [6, 6.07) is -4.87. The van der Waals surface area contributed by atoms with Gasteiger partial charge in [-0.2, -0.15) is 17.6 Å². The van der Waals surface area contributed by atoms with Gasteiger partial charge in [-0.05, 0) is 36.2 Å². The van der Waals surface area contributed by atoms with Crippen LogP contribution in [0.5, 0.6) is 0 Å². The van der Waals surface area contributed by atoms with Crippen molar-refractivity contribution < 1.29 is 53.9 Å². The summed E-state index contributed by atoms with van der Waals surface area (Å²) in [4.78, 5) is 52.0. The Bertz CT molecular complexity index is 1250. The minimum atomic E-state index is -5.33. The van der Waals surface area contributed by atoms with Crippen molar-refractivity contribution in [3.63, 3.8) is 0 Å². The van der Waals surface area contributed by atoms with E-state index in [2.05, 4.69) is 10.6 Å². The number of alkyl halides is 5. The van der Waals surface area contributed by atoms with Gasteiger partial charge in [-0.15, -0.1) is 0 Å². The van der Waals surface area contributed by atoms with Crippen LogP contribution in [0.15, 0.2) is 11.2 Å². The van der Waals surface area contributed by atoms with Crippen LogP contribution in [0.2, 0.25) is 0 Å². The maximum atomic E-state index is 14.5. The smallest absolute Gasteiger partial charge is 0.356 e. The van der Waals surface area contributed by atoms with Gasteiger partial charge in [0.05, 0.1) is 6.04 Å². The van der Waals surface area contributed by atoms with E-state index in [1.54, 1.807) is 5.32 Å². The summed E-state index contributed by atoms with van der Waals surface area (Å²) in [6.45, 7) is 3.97. The SMILES string of the molecule is CC(C)(C)[C@@H](NC(=O)C(F)(F)F)C(=O)N1C[C@@H]2CC(F)(F)C[C@@H]2[C@H]1C(=O)N[C@@H](/C=C(\F)S(C)(=O)=O)C[C@@H]1CCNC1=O. The third-order valence-corrected chi connectivity index (χ3v) is 8.63. The van der Waals surface area contributed by atoms with Crippen molar-refractivity contribution in [1.82, 2.24) is 20.9 Å². The van der Waals surface area contributed by atoms with Gasteiger partial charge in [0.15, 0.2) is 0 Å². The fourth-order valence-corrected chi connectivity index (χ4v) is 6.19. The van der Waals surface area contributed by atoms with Crippen molar-refractivity contribution in [1.29, 1.82) is 0 Å². The van der Waals surface area contributed by atoms with Crippen molar-refractivity contribution in [2.45, 2.75) is 76.7 Å². The molecule has 42 heavy (non-hydrogen) atoms. The molecule has 6 atom stereocenters. The molecule has 3 aliphatic rings. The standard InChI is InChI=1S/C25H34F6N4O6S/c1-23(2,3)18(34-22(39)25(29,30)31)21(38)35-11-13-9-24(27,28)10-15(13)17(35)20(37)33-14(8-16(26)42(4,40)41)7-12-5-6-32-19(12)36/h8,12-15,17-18H,5-7,9-11H2,1-4H3,(H,32,36)(H,33,37)(H,34,39)/b16-8+/t12-,13-,14+,15-,17-,18-/m0/s1. The molecule has 0 aromatic carbocycles. The number of nitrogens with zero attached hydrogens (tertiary/aromatic N) is 1. The van der Waals surface area contributed by atoms with E-state index in [0.29, 0.717) is 12.3 Å². The van der Waals surface area contributed by atoms with Crippen LogP contribution in [0, 0.1) is 23.2 Å². The summed E-state index contributed by atoms with van der Waals surface area (Å²) in [5.41, 5.74) is -1.31. The van der Waals surface area contributed by atoms with E-state index in [4.69, 9.17) is 0 Å². The zero-order chi connectivity index (χ0) is 32.0. The summed E-state index contributed by atoms with van der Waals surface area (Å²) in [5, 5.41) is 4.95. The highest BCUT2D eigenvalue weighted by Gasteiger charge is 2.59. The number of sulfone groups is 1. The van der Waals surface area contributed by atoms with Crippen LogP contribution in [-0.4, -0.2) is 86.5 Å². The normalized spacial score (nSPS) is 27.7. The van der Waals surface area contributed by atoms with Gasteiger partial charge < -0.3 is 20.9 Å². The summed E-state index contributed by atoms with van der Waals surface area (Å²) < 4.78 is 106. The summed E-state index contributed by atoms with van der Waals surface area (Å²) in [6.07, 6.45) is -5.67. The Balaban J connectivity index is 1.97. The van der Waals surface area contributed by atoms with E-state index in [9.17, 15) is 53.9 Å². The first-order chi connectivity index (χ1) is 19.0. The maximum Gasteiger partial charge on any atom is 0.471 e. The molecule has 2 heterocycles. The van der Waals surface area contributed by atoms with Crippen molar-refractivity contribution >= 4 is 33.5 Å². The number of hydrogen-bond donors (Lipinski definition) is 3. The summed E-state index contributed by atoms with van der Waals surface area (Å²) in [5.74, 6) is -11.0. The largest absolute Gasteiger partial charge is 0.471 e. The number of hydrogen-bond acceptors (Lipinski definition) is 6. The average Bonchev–Trinajstić information content (AvgIpc) is 3.45. The topological polar surface area (TPSA) is 142 Å². The fraction of sp³-hybridized carbons (Fsp3) is 0.760. The number of fused-ring (bicyclic) bond motifs is 1. The lowest BCUT2D eigenvalue weighted by atomic mass is 9.85. The molecule has 3 rings (SSSR count). The Morgan fingerprint density at radius 2 is 1.76 bits per heavy atom. The molecule has 1 aliphatic carbocycles. The van der Waals surface area contributed by atoms with E-state index in [0.717, 1.165) is 4.90 Å². The number of carbonyl (C=O) groups is 4. The maximum absolute atomic E-state index is 14.5. The van der Waals surface area contributed by atoms with E-state index in [1.165, 1.54) is 20.8 Å². The minimum absolute atomic E-state index is 0.252. The van der Waals surface area contributed by atoms with Gasteiger partial charge in [0.25, 0.3) is 0 Å².